The molecule has 0 radical (unpaired) electrons. The third kappa shape index (κ3) is 2.84. The molecular formula is C26H33NO3. The van der Waals surface area contributed by atoms with Crippen molar-refractivity contribution < 1.29 is 14.9 Å². The van der Waals surface area contributed by atoms with E-state index in [0.717, 1.165) is 37.1 Å². The topological polar surface area (TPSA) is 52.9 Å². The standard InChI is InChI=1S/C26H33NO3/c1-26-13-12-19-18-11-9-17(30-3)14-16(18)8-10-20(19)21(26)15-23(25(26)29)27(2)22-6-4-5-7-24(22)28/h4-7,9,11,14,19-21,23,25,28-29H,8,10,12-13,15H2,1-3H3/t19-,20-,21+,23-,25+,26-/m1/s1. The molecule has 0 aromatic heterocycles. The van der Waals surface area contributed by atoms with Gasteiger partial charge in [0.15, 0.2) is 0 Å². The summed E-state index contributed by atoms with van der Waals surface area (Å²) in [6.07, 6.45) is 5.07. The highest BCUT2D eigenvalue weighted by Crippen LogP contribution is 2.61. The number of para-hydroxylation sites is 2. The van der Waals surface area contributed by atoms with Crippen LogP contribution in [-0.2, 0) is 6.42 Å². The number of likely N-dealkylation sites (N-methyl/N-ethyl adjacent to an activating group) is 1. The average molecular weight is 408 g/mol. The quantitative estimate of drug-likeness (QED) is 0.772. The average Bonchev–Trinajstić information content (AvgIpc) is 3.04. The molecule has 5 rings (SSSR count). The molecule has 0 spiro atoms. The zero-order valence-electron chi connectivity index (χ0n) is 18.2. The fourth-order valence-corrected chi connectivity index (χ4v) is 6.98. The van der Waals surface area contributed by atoms with Crippen molar-refractivity contribution in [3.05, 3.63) is 53.6 Å². The van der Waals surface area contributed by atoms with Gasteiger partial charge in [-0.05, 0) is 90.7 Å². The number of phenols is 1. The molecule has 4 nitrogen and oxygen atoms in total. The third-order valence-electron chi connectivity index (χ3n) is 8.67. The van der Waals surface area contributed by atoms with E-state index in [0.29, 0.717) is 17.8 Å². The van der Waals surface area contributed by atoms with E-state index in [1.165, 1.54) is 17.5 Å². The van der Waals surface area contributed by atoms with Gasteiger partial charge < -0.3 is 19.8 Å². The summed E-state index contributed by atoms with van der Waals surface area (Å²) >= 11 is 0. The van der Waals surface area contributed by atoms with E-state index in [2.05, 4.69) is 30.0 Å². The maximum absolute atomic E-state index is 11.5. The van der Waals surface area contributed by atoms with E-state index in [-0.39, 0.29) is 23.3 Å². The van der Waals surface area contributed by atoms with Crippen LogP contribution < -0.4 is 9.64 Å². The Bertz CT molecular complexity index is 944. The Labute approximate surface area is 179 Å². The van der Waals surface area contributed by atoms with E-state index in [9.17, 15) is 10.2 Å². The molecule has 2 aromatic carbocycles. The molecule has 2 aromatic rings. The number of anilines is 1. The number of methoxy groups -OCH3 is 1. The van der Waals surface area contributed by atoms with Gasteiger partial charge in [-0.2, -0.15) is 0 Å². The van der Waals surface area contributed by atoms with Gasteiger partial charge in [-0.3, -0.25) is 0 Å². The number of aliphatic hydroxyl groups is 1. The Morgan fingerprint density at radius 1 is 1.13 bits per heavy atom. The van der Waals surface area contributed by atoms with Crippen LogP contribution in [0, 0.1) is 17.3 Å². The molecule has 0 aliphatic heterocycles. The predicted molar refractivity (Wildman–Crippen MR) is 119 cm³/mol. The summed E-state index contributed by atoms with van der Waals surface area (Å²) in [6, 6.07) is 14.1. The number of hydrogen-bond acceptors (Lipinski definition) is 4. The van der Waals surface area contributed by atoms with Crippen molar-refractivity contribution in [3.8, 4) is 11.5 Å². The van der Waals surface area contributed by atoms with Crippen molar-refractivity contribution in [2.24, 2.45) is 17.3 Å². The van der Waals surface area contributed by atoms with Gasteiger partial charge in [0.25, 0.3) is 0 Å². The maximum atomic E-state index is 11.5. The van der Waals surface area contributed by atoms with E-state index in [1.807, 2.05) is 25.2 Å². The number of aliphatic hydroxyl groups excluding tert-OH is 1. The summed E-state index contributed by atoms with van der Waals surface area (Å²) in [5.74, 6) is 2.93. The van der Waals surface area contributed by atoms with Gasteiger partial charge in [0, 0.05) is 7.05 Å². The van der Waals surface area contributed by atoms with Crippen LogP contribution in [0.4, 0.5) is 5.69 Å². The lowest BCUT2D eigenvalue weighted by atomic mass is 9.55. The monoisotopic (exact) mass is 407 g/mol. The largest absolute Gasteiger partial charge is 0.506 e. The summed E-state index contributed by atoms with van der Waals surface area (Å²) < 4.78 is 5.45. The van der Waals surface area contributed by atoms with Gasteiger partial charge in [-0.1, -0.05) is 25.1 Å². The van der Waals surface area contributed by atoms with Crippen molar-refractivity contribution in [2.45, 2.75) is 57.1 Å². The van der Waals surface area contributed by atoms with Crippen molar-refractivity contribution in [1.82, 2.24) is 0 Å². The minimum atomic E-state index is -0.384. The predicted octanol–water partition coefficient (Wildman–Crippen LogP) is 4.73. The van der Waals surface area contributed by atoms with E-state index >= 15 is 0 Å². The molecular weight excluding hydrogens is 374 g/mol. The van der Waals surface area contributed by atoms with Gasteiger partial charge in [0.05, 0.1) is 24.9 Å². The second-order valence-electron chi connectivity index (χ2n) is 9.87. The SMILES string of the molecule is COc1ccc2c(c1)CC[C@@H]1[C@@H]2CC[C@@]2(C)[C@@H](O)[C@H](N(C)c3ccccc3O)C[C@@H]12. The molecule has 3 aliphatic carbocycles. The Hall–Kier alpha value is -2.20. The number of aryl methyl sites for hydroxylation is 1. The molecule has 30 heavy (non-hydrogen) atoms. The highest BCUT2D eigenvalue weighted by Gasteiger charge is 2.58. The van der Waals surface area contributed by atoms with Crippen LogP contribution in [-0.4, -0.2) is 36.5 Å². The highest BCUT2D eigenvalue weighted by atomic mass is 16.5. The van der Waals surface area contributed by atoms with E-state index in [1.54, 1.807) is 13.2 Å². The van der Waals surface area contributed by atoms with Crippen LogP contribution in [0.2, 0.25) is 0 Å². The van der Waals surface area contributed by atoms with E-state index < -0.39 is 0 Å². The Morgan fingerprint density at radius 2 is 1.93 bits per heavy atom. The fraction of sp³-hybridized carbons (Fsp3) is 0.538. The van der Waals surface area contributed by atoms with Crippen molar-refractivity contribution in [2.75, 3.05) is 19.1 Å². The second-order valence-corrected chi connectivity index (χ2v) is 9.87. The van der Waals surface area contributed by atoms with Crippen molar-refractivity contribution >= 4 is 5.69 Å². The normalized spacial score (nSPS) is 34.6. The smallest absolute Gasteiger partial charge is 0.138 e. The first kappa shape index (κ1) is 19.7. The Kier molecular flexibility index (Phi) is 4.73. The lowest BCUT2D eigenvalue weighted by Gasteiger charge is -2.50. The summed E-state index contributed by atoms with van der Waals surface area (Å²) in [6.45, 7) is 2.31. The van der Waals surface area contributed by atoms with E-state index in [4.69, 9.17) is 4.74 Å². The molecule has 0 bridgehead atoms. The number of aromatic hydroxyl groups is 1. The molecule has 4 heteroatoms. The van der Waals surface area contributed by atoms with Crippen LogP contribution in [0.15, 0.2) is 42.5 Å². The fourth-order valence-electron chi connectivity index (χ4n) is 6.98. The minimum absolute atomic E-state index is 0.0318. The first-order valence-corrected chi connectivity index (χ1v) is 11.3. The third-order valence-corrected chi connectivity index (χ3v) is 8.67. The van der Waals surface area contributed by atoms with Gasteiger partial charge >= 0.3 is 0 Å². The Balaban J connectivity index is 1.45. The maximum Gasteiger partial charge on any atom is 0.138 e. The van der Waals surface area contributed by atoms with Crippen LogP contribution in [0.1, 0.15) is 49.7 Å². The van der Waals surface area contributed by atoms with Crippen molar-refractivity contribution in [1.29, 1.82) is 0 Å². The van der Waals surface area contributed by atoms with Gasteiger partial charge in [0.2, 0.25) is 0 Å². The van der Waals surface area contributed by atoms with Crippen LogP contribution in [0.25, 0.3) is 0 Å². The molecule has 2 N–H and O–H groups in total. The highest BCUT2D eigenvalue weighted by molar-refractivity contribution is 5.58. The molecule has 0 amide bonds. The zero-order chi connectivity index (χ0) is 21.0. The first-order chi connectivity index (χ1) is 14.4. The number of rotatable bonds is 3. The first-order valence-electron chi connectivity index (χ1n) is 11.3. The number of phenolic OH excluding ortho intramolecular Hbond substituents is 1. The molecule has 0 heterocycles. The molecule has 0 saturated heterocycles. The van der Waals surface area contributed by atoms with Crippen LogP contribution in [0.3, 0.4) is 0 Å². The number of fused-ring (bicyclic) bond motifs is 5. The zero-order valence-corrected chi connectivity index (χ0v) is 18.2. The number of nitrogens with zero attached hydrogens (tertiary/aromatic N) is 1. The molecule has 3 aliphatic rings. The van der Waals surface area contributed by atoms with Crippen LogP contribution in [0.5, 0.6) is 11.5 Å². The summed E-state index contributed by atoms with van der Waals surface area (Å²) in [7, 11) is 3.75. The molecule has 6 atom stereocenters. The number of hydrogen-bond donors (Lipinski definition) is 2. The van der Waals surface area contributed by atoms with Gasteiger partial charge in [-0.25, -0.2) is 0 Å². The molecule has 2 fully saturated rings. The number of ether oxygens (including phenoxy) is 1. The minimum Gasteiger partial charge on any atom is -0.506 e. The van der Waals surface area contributed by atoms with Gasteiger partial charge in [0.1, 0.15) is 11.5 Å². The number of benzene rings is 2. The lowest BCUT2D eigenvalue weighted by molar-refractivity contribution is -0.0258. The second kappa shape index (κ2) is 7.19. The van der Waals surface area contributed by atoms with Crippen molar-refractivity contribution in [3.63, 3.8) is 0 Å². The summed E-state index contributed by atoms with van der Waals surface area (Å²) in [5, 5.41) is 21.8. The summed E-state index contributed by atoms with van der Waals surface area (Å²) in [5.41, 5.74) is 3.69. The molecule has 160 valence electrons. The van der Waals surface area contributed by atoms with Gasteiger partial charge in [-0.15, -0.1) is 0 Å². The summed E-state index contributed by atoms with van der Waals surface area (Å²) in [4.78, 5) is 2.11. The Morgan fingerprint density at radius 3 is 2.70 bits per heavy atom. The lowest BCUT2D eigenvalue weighted by Crippen LogP contribution is -2.47. The van der Waals surface area contributed by atoms with Crippen LogP contribution >= 0.6 is 0 Å². The molecule has 2 saturated carbocycles. The molecule has 0 unspecified atom stereocenters.